The van der Waals surface area contributed by atoms with Gasteiger partial charge in [0, 0.05) is 10.8 Å². The minimum Gasteiger partial charge on any atom is -0.744 e. The average Bonchev–Trinajstić information content (AvgIpc) is 3.04. The van der Waals surface area contributed by atoms with Crippen molar-refractivity contribution in [3.05, 3.63) is 156 Å². The topological polar surface area (TPSA) is 101 Å². The molecule has 0 saturated heterocycles. The molecule has 47 heavy (non-hydrogen) atoms. The lowest BCUT2D eigenvalue weighted by atomic mass is 10.1. The number of rotatable bonds is 7. The smallest absolute Gasteiger partial charge is 0.339 e. The van der Waals surface area contributed by atoms with E-state index >= 15 is 0 Å². The fraction of sp³-hybridized carbons (Fsp3) is 0.105. The van der Waals surface area contributed by atoms with Gasteiger partial charge >= 0.3 is 10.1 Å². The lowest BCUT2D eigenvalue weighted by Crippen LogP contribution is -2.10. The van der Waals surface area contributed by atoms with Gasteiger partial charge < -0.3 is 8.74 Å². The standard InChI is InChI=1S/C21H21S.C17H14O6S2/c1-16-4-10-19(11-5-16)22(20-12-6-17(2)7-13-20)21-14-8-18(3)9-15-21;1-12-8-10-13(11-9-12)25(21,22)23-16-6-2-5-15-14(16)4-3-7-17(15)24(18,19)20/h4-15H,1-3H3;2-11H,1H3,(H,18,19,20)/q+1;/p-1. The Labute approximate surface area is 279 Å². The van der Waals surface area contributed by atoms with Crippen LogP contribution in [0.15, 0.2) is 158 Å². The third-order valence-corrected chi connectivity index (χ3v) is 11.8. The van der Waals surface area contributed by atoms with Gasteiger partial charge in [-0.2, -0.15) is 8.42 Å². The van der Waals surface area contributed by atoms with Crippen molar-refractivity contribution in [2.24, 2.45) is 0 Å². The summed E-state index contributed by atoms with van der Waals surface area (Å²) in [6.07, 6.45) is 0. The lowest BCUT2D eigenvalue weighted by Gasteiger charge is -2.13. The molecule has 0 radical (unpaired) electrons. The number of fused-ring (bicyclic) bond motifs is 1. The molecule has 6 aromatic carbocycles. The van der Waals surface area contributed by atoms with E-state index in [0.717, 1.165) is 5.56 Å². The highest BCUT2D eigenvalue weighted by atomic mass is 32.2. The molecule has 0 unspecified atom stereocenters. The lowest BCUT2D eigenvalue weighted by molar-refractivity contribution is 0.464. The highest BCUT2D eigenvalue weighted by Crippen LogP contribution is 2.33. The second kappa shape index (κ2) is 14.1. The van der Waals surface area contributed by atoms with Gasteiger partial charge in [-0.1, -0.05) is 95.1 Å². The molecule has 0 aromatic heterocycles. The van der Waals surface area contributed by atoms with E-state index in [2.05, 4.69) is 93.6 Å². The molecule has 0 bridgehead atoms. The fourth-order valence-electron chi connectivity index (χ4n) is 4.85. The first-order valence-electron chi connectivity index (χ1n) is 14.7. The maximum Gasteiger partial charge on any atom is 0.339 e. The van der Waals surface area contributed by atoms with Crippen LogP contribution in [0.5, 0.6) is 5.75 Å². The molecule has 0 saturated carbocycles. The van der Waals surface area contributed by atoms with Crippen molar-refractivity contribution in [2.75, 3.05) is 0 Å². The van der Waals surface area contributed by atoms with Gasteiger partial charge in [-0.3, -0.25) is 0 Å². The molecule has 0 aliphatic rings. The van der Waals surface area contributed by atoms with Gasteiger partial charge in [0.2, 0.25) is 0 Å². The fourth-order valence-corrected chi connectivity index (χ4v) is 8.53. The minimum absolute atomic E-state index is 0.0253. The van der Waals surface area contributed by atoms with Crippen molar-refractivity contribution in [1.82, 2.24) is 0 Å². The van der Waals surface area contributed by atoms with Crippen LogP contribution in [0.25, 0.3) is 10.8 Å². The molecule has 0 fully saturated rings. The van der Waals surface area contributed by atoms with Crippen molar-refractivity contribution in [3.63, 3.8) is 0 Å². The van der Waals surface area contributed by atoms with Crippen LogP contribution in [-0.2, 0) is 31.1 Å². The second-order valence-electron chi connectivity index (χ2n) is 11.2. The highest BCUT2D eigenvalue weighted by Gasteiger charge is 2.28. The molecule has 0 atom stereocenters. The van der Waals surface area contributed by atoms with E-state index < -0.39 is 25.1 Å². The van der Waals surface area contributed by atoms with E-state index in [9.17, 15) is 21.4 Å². The molecule has 0 aliphatic carbocycles. The third-order valence-electron chi connectivity index (χ3n) is 7.39. The summed E-state index contributed by atoms with van der Waals surface area (Å²) in [6, 6.07) is 41.2. The molecule has 9 heteroatoms. The molecule has 0 heterocycles. The van der Waals surface area contributed by atoms with Crippen LogP contribution in [0.2, 0.25) is 0 Å². The first-order valence-corrected chi connectivity index (χ1v) is 18.8. The van der Waals surface area contributed by atoms with Crippen molar-refractivity contribution in [1.29, 1.82) is 0 Å². The first kappa shape index (κ1) is 33.9. The molecule has 0 N–H and O–H groups in total. The van der Waals surface area contributed by atoms with Gasteiger partial charge in [-0.05, 0) is 88.4 Å². The number of aryl methyl sites for hydroxylation is 4. The van der Waals surface area contributed by atoms with E-state index in [-0.39, 0.29) is 32.3 Å². The Morgan fingerprint density at radius 3 is 1.30 bits per heavy atom. The van der Waals surface area contributed by atoms with Gasteiger partial charge in [-0.15, -0.1) is 0 Å². The summed E-state index contributed by atoms with van der Waals surface area (Å²) in [5.74, 6) is -0.0522. The Balaban J connectivity index is 0.000000186. The van der Waals surface area contributed by atoms with E-state index in [4.69, 9.17) is 4.18 Å². The molecule has 6 rings (SSSR count). The van der Waals surface area contributed by atoms with E-state index in [0.29, 0.717) is 0 Å². The second-order valence-corrected chi connectivity index (χ2v) is 16.1. The number of hydrogen-bond acceptors (Lipinski definition) is 6. The summed E-state index contributed by atoms with van der Waals surface area (Å²) in [6.45, 7) is 8.24. The molecular weight excluding hydrogens is 649 g/mol. The van der Waals surface area contributed by atoms with Crippen molar-refractivity contribution in [3.8, 4) is 5.75 Å². The average molecular weight is 683 g/mol. The molecule has 0 spiro atoms. The number of hydrogen-bond donors (Lipinski definition) is 0. The summed E-state index contributed by atoms with van der Waals surface area (Å²) < 4.78 is 64.2. The SMILES string of the molecule is Cc1ccc(S(=O)(=O)Oc2cccc3c(S(=O)(=O)[O-])cccc23)cc1.Cc1ccc([S+](c2ccc(C)cc2)c2ccc(C)cc2)cc1. The molecule has 6 nitrogen and oxygen atoms in total. The van der Waals surface area contributed by atoms with Gasteiger partial charge in [0.05, 0.1) is 15.8 Å². The third kappa shape index (κ3) is 8.31. The summed E-state index contributed by atoms with van der Waals surface area (Å²) >= 11 is 0. The van der Waals surface area contributed by atoms with Crippen molar-refractivity contribution < 1.29 is 25.6 Å². The Morgan fingerprint density at radius 1 is 0.489 bits per heavy atom. The van der Waals surface area contributed by atoms with E-state index in [1.807, 2.05) is 6.92 Å². The van der Waals surface area contributed by atoms with Crippen LogP contribution in [0, 0.1) is 27.7 Å². The Morgan fingerprint density at radius 2 is 0.872 bits per heavy atom. The zero-order valence-corrected chi connectivity index (χ0v) is 28.8. The molecule has 6 aromatic rings. The molecular formula is C38H34O6S3. The summed E-state index contributed by atoms with van der Waals surface area (Å²) in [4.78, 5) is 3.67. The van der Waals surface area contributed by atoms with Gasteiger partial charge in [0.25, 0.3) is 0 Å². The van der Waals surface area contributed by atoms with Crippen molar-refractivity contribution >= 4 is 41.9 Å². The Hall–Kier alpha value is -4.41. The predicted molar refractivity (Wildman–Crippen MR) is 187 cm³/mol. The Bertz CT molecular complexity index is 2100. The summed E-state index contributed by atoms with van der Waals surface area (Å²) in [7, 11) is -8.84. The quantitative estimate of drug-likeness (QED) is 0.0951. The van der Waals surface area contributed by atoms with E-state index in [1.165, 1.54) is 79.9 Å². The van der Waals surface area contributed by atoms with Gasteiger partial charge in [-0.25, -0.2) is 8.42 Å². The highest BCUT2D eigenvalue weighted by molar-refractivity contribution is 7.97. The van der Waals surface area contributed by atoms with Gasteiger partial charge in [0.15, 0.2) is 20.4 Å². The van der Waals surface area contributed by atoms with Crippen LogP contribution < -0.4 is 4.18 Å². The Kier molecular flexibility index (Phi) is 10.2. The summed E-state index contributed by atoms with van der Waals surface area (Å²) in [5, 5.41) is 0.323. The minimum atomic E-state index is -4.70. The van der Waals surface area contributed by atoms with Crippen LogP contribution in [0.1, 0.15) is 22.3 Å². The first-order chi connectivity index (χ1) is 22.3. The van der Waals surface area contributed by atoms with Crippen molar-refractivity contribution in [2.45, 2.75) is 52.2 Å². The zero-order chi connectivity index (χ0) is 33.8. The van der Waals surface area contributed by atoms with E-state index in [1.54, 1.807) is 12.1 Å². The van der Waals surface area contributed by atoms with Crippen LogP contribution in [0.4, 0.5) is 0 Å². The predicted octanol–water partition coefficient (Wildman–Crippen LogP) is 8.53. The van der Waals surface area contributed by atoms with Crippen LogP contribution in [-0.4, -0.2) is 21.4 Å². The maximum absolute atomic E-state index is 12.4. The summed E-state index contributed by atoms with van der Waals surface area (Å²) in [5.41, 5.74) is 4.81. The molecule has 240 valence electrons. The zero-order valence-electron chi connectivity index (χ0n) is 26.4. The molecule has 0 aliphatic heterocycles. The maximum atomic E-state index is 12.4. The largest absolute Gasteiger partial charge is 0.744 e. The van der Waals surface area contributed by atoms with Crippen LogP contribution in [0.3, 0.4) is 0 Å². The van der Waals surface area contributed by atoms with Gasteiger partial charge in [0.1, 0.15) is 15.0 Å². The van der Waals surface area contributed by atoms with Crippen LogP contribution >= 0.6 is 0 Å². The monoisotopic (exact) mass is 682 g/mol. The normalized spacial score (nSPS) is 11.6. The number of benzene rings is 6. The molecule has 0 amide bonds.